The smallest absolute Gasteiger partial charge is 0.326 e. The molecule has 1 heterocycles. The fourth-order valence-corrected chi connectivity index (χ4v) is 3.83. The Labute approximate surface area is 199 Å². The van der Waals surface area contributed by atoms with Crippen LogP contribution in [0.2, 0.25) is 0 Å². The Kier molecular flexibility index (Phi) is 9.20. The molecule has 2 aromatic rings. The maximum absolute atomic E-state index is 12.4. The number of amides is 1. The maximum atomic E-state index is 12.4. The minimum absolute atomic E-state index is 0.0309. The van der Waals surface area contributed by atoms with Crippen molar-refractivity contribution in [2.75, 3.05) is 13.7 Å². The topological polar surface area (TPSA) is 143 Å². The molecule has 0 aliphatic heterocycles. The zero-order valence-electron chi connectivity index (χ0n) is 20.5. The standard InChI is InChI=1S/C24H35N3O7/c1-14(28)21(30)20(22(33-6)24(2,3)4)26-34-13-19(29)25-17(23(31)32)11-15-12-27(5)18-10-8-7-9-16(15)18/h7-10,12,14,17,21-22,28,30H,11,13H2,1-6H3,(H,25,29)(H,31,32)/b26-20+/t14-,17+,21+,22-/m1/s1. The first-order valence-electron chi connectivity index (χ1n) is 11.0. The van der Waals surface area contributed by atoms with Crippen molar-refractivity contribution in [3.05, 3.63) is 36.0 Å². The zero-order valence-corrected chi connectivity index (χ0v) is 20.5. The molecule has 34 heavy (non-hydrogen) atoms. The molecular weight excluding hydrogens is 442 g/mol. The second kappa shape index (κ2) is 11.5. The van der Waals surface area contributed by atoms with Gasteiger partial charge >= 0.3 is 5.97 Å². The molecule has 4 atom stereocenters. The Balaban J connectivity index is 2.11. The second-order valence-corrected chi connectivity index (χ2v) is 9.40. The van der Waals surface area contributed by atoms with Crippen LogP contribution in [0.1, 0.15) is 33.3 Å². The highest BCUT2D eigenvalue weighted by Gasteiger charge is 2.36. The number of oxime groups is 1. The van der Waals surface area contributed by atoms with Crippen molar-refractivity contribution in [2.24, 2.45) is 17.6 Å². The molecule has 10 nitrogen and oxygen atoms in total. The largest absolute Gasteiger partial charge is 0.480 e. The number of aromatic nitrogens is 1. The quantitative estimate of drug-likeness (QED) is 0.283. The summed E-state index contributed by atoms with van der Waals surface area (Å²) in [5, 5.41) is 37.1. The third-order valence-corrected chi connectivity index (χ3v) is 5.45. The van der Waals surface area contributed by atoms with Crippen LogP contribution < -0.4 is 5.32 Å². The Morgan fingerprint density at radius 2 is 1.85 bits per heavy atom. The number of aliphatic hydroxyl groups excluding tert-OH is 2. The number of fused-ring (bicyclic) bond motifs is 1. The molecule has 0 aliphatic rings. The number of ether oxygens (including phenoxy) is 1. The number of hydrogen-bond acceptors (Lipinski definition) is 7. The van der Waals surface area contributed by atoms with Crippen LogP contribution in [0, 0.1) is 5.41 Å². The third kappa shape index (κ3) is 6.78. The number of para-hydroxylation sites is 1. The van der Waals surface area contributed by atoms with E-state index in [1.165, 1.54) is 14.0 Å². The van der Waals surface area contributed by atoms with Crippen molar-refractivity contribution >= 4 is 28.5 Å². The minimum atomic E-state index is -1.37. The van der Waals surface area contributed by atoms with Crippen LogP contribution in [0.25, 0.3) is 10.9 Å². The number of carboxylic acid groups (broad SMARTS) is 1. The van der Waals surface area contributed by atoms with Crippen molar-refractivity contribution < 1.29 is 34.5 Å². The molecule has 0 unspecified atom stereocenters. The van der Waals surface area contributed by atoms with Gasteiger partial charge in [-0.15, -0.1) is 0 Å². The fourth-order valence-electron chi connectivity index (χ4n) is 3.83. The number of aryl methyl sites for hydroxylation is 1. The van der Waals surface area contributed by atoms with Gasteiger partial charge in [0.1, 0.15) is 24.0 Å². The predicted octanol–water partition coefficient (Wildman–Crippen LogP) is 1.47. The molecule has 188 valence electrons. The molecule has 4 N–H and O–H groups in total. The Hall–Kier alpha value is -2.95. The van der Waals surface area contributed by atoms with Crippen LogP contribution in [0.15, 0.2) is 35.6 Å². The predicted molar refractivity (Wildman–Crippen MR) is 128 cm³/mol. The van der Waals surface area contributed by atoms with E-state index in [-0.39, 0.29) is 12.1 Å². The van der Waals surface area contributed by atoms with E-state index < -0.39 is 48.3 Å². The molecule has 0 radical (unpaired) electrons. The molecule has 0 fully saturated rings. The molecule has 1 aromatic heterocycles. The molecule has 10 heteroatoms. The lowest BCUT2D eigenvalue weighted by Crippen LogP contribution is -2.46. The lowest BCUT2D eigenvalue weighted by atomic mass is 9.83. The number of methoxy groups -OCH3 is 1. The summed E-state index contributed by atoms with van der Waals surface area (Å²) < 4.78 is 7.35. The maximum Gasteiger partial charge on any atom is 0.326 e. The second-order valence-electron chi connectivity index (χ2n) is 9.40. The number of benzene rings is 1. The number of carboxylic acids is 1. The number of carbonyl (C=O) groups excluding carboxylic acids is 1. The normalized spacial score (nSPS) is 16.1. The minimum Gasteiger partial charge on any atom is -0.480 e. The molecule has 0 saturated heterocycles. The molecule has 1 aromatic carbocycles. The van der Waals surface area contributed by atoms with E-state index in [9.17, 15) is 24.9 Å². The fraction of sp³-hybridized carbons (Fsp3) is 0.542. The molecule has 2 rings (SSSR count). The highest BCUT2D eigenvalue weighted by Crippen LogP contribution is 2.25. The van der Waals surface area contributed by atoms with Crippen LogP contribution in [0.4, 0.5) is 0 Å². The number of hydrogen-bond donors (Lipinski definition) is 4. The summed E-state index contributed by atoms with van der Waals surface area (Å²) in [6.07, 6.45) is -1.28. The first-order valence-corrected chi connectivity index (χ1v) is 11.0. The van der Waals surface area contributed by atoms with Crippen LogP contribution in [0.3, 0.4) is 0 Å². The first kappa shape index (κ1) is 27.3. The van der Waals surface area contributed by atoms with Gasteiger partial charge in [0.05, 0.1) is 6.10 Å². The van der Waals surface area contributed by atoms with Crippen molar-refractivity contribution in [2.45, 2.75) is 58.5 Å². The van der Waals surface area contributed by atoms with E-state index in [0.717, 1.165) is 16.5 Å². The highest BCUT2D eigenvalue weighted by molar-refractivity contribution is 5.93. The van der Waals surface area contributed by atoms with E-state index in [4.69, 9.17) is 9.57 Å². The molecule has 0 spiro atoms. The van der Waals surface area contributed by atoms with Gasteiger partial charge in [-0.1, -0.05) is 44.1 Å². The monoisotopic (exact) mass is 477 g/mol. The van der Waals surface area contributed by atoms with E-state index in [1.54, 1.807) is 0 Å². The van der Waals surface area contributed by atoms with Crippen molar-refractivity contribution in [3.63, 3.8) is 0 Å². The van der Waals surface area contributed by atoms with Crippen LogP contribution in [-0.2, 0) is 32.6 Å². The van der Waals surface area contributed by atoms with E-state index >= 15 is 0 Å². The number of carbonyl (C=O) groups is 2. The van der Waals surface area contributed by atoms with Gasteiger partial charge in [-0.05, 0) is 24.0 Å². The SMILES string of the molecule is CO[C@H](/C(=N/OCC(=O)N[C@@H](Cc1cn(C)c2ccccc12)C(=O)O)[C@@H](O)[C@@H](C)O)C(C)(C)C. The van der Waals surface area contributed by atoms with Gasteiger partial charge in [0, 0.05) is 37.7 Å². The van der Waals surface area contributed by atoms with Crippen molar-refractivity contribution in [3.8, 4) is 0 Å². The molecule has 1 amide bonds. The summed E-state index contributed by atoms with van der Waals surface area (Å²) in [5.74, 6) is -1.87. The van der Waals surface area contributed by atoms with Crippen LogP contribution in [0.5, 0.6) is 0 Å². The zero-order chi connectivity index (χ0) is 25.6. The summed E-state index contributed by atoms with van der Waals surface area (Å²) >= 11 is 0. The van der Waals surface area contributed by atoms with Gasteiger partial charge in [0.25, 0.3) is 5.91 Å². The van der Waals surface area contributed by atoms with Gasteiger partial charge in [-0.25, -0.2) is 4.79 Å². The summed E-state index contributed by atoms with van der Waals surface area (Å²) in [6.45, 7) is 6.41. The number of nitrogens with one attached hydrogen (secondary N) is 1. The third-order valence-electron chi connectivity index (χ3n) is 5.45. The van der Waals surface area contributed by atoms with E-state index in [0.29, 0.717) is 0 Å². The number of nitrogens with zero attached hydrogens (tertiary/aromatic N) is 2. The average molecular weight is 478 g/mol. The Morgan fingerprint density at radius 1 is 1.21 bits per heavy atom. The van der Waals surface area contributed by atoms with Crippen LogP contribution in [-0.4, -0.2) is 75.5 Å². The first-order chi connectivity index (χ1) is 15.9. The van der Waals surface area contributed by atoms with Gasteiger partial charge in [-0.3, -0.25) is 4.79 Å². The van der Waals surface area contributed by atoms with Crippen molar-refractivity contribution in [1.82, 2.24) is 9.88 Å². The molecular formula is C24H35N3O7. The van der Waals surface area contributed by atoms with Crippen LogP contribution >= 0.6 is 0 Å². The summed E-state index contributed by atoms with van der Waals surface area (Å²) in [7, 11) is 3.31. The van der Waals surface area contributed by atoms with Crippen molar-refractivity contribution in [1.29, 1.82) is 0 Å². The number of aliphatic carboxylic acids is 1. The average Bonchev–Trinajstić information content (AvgIpc) is 3.06. The number of rotatable bonds is 11. The van der Waals surface area contributed by atoms with Gasteiger partial charge in [-0.2, -0.15) is 0 Å². The molecule has 0 bridgehead atoms. The van der Waals surface area contributed by atoms with E-state index in [1.807, 2.05) is 62.8 Å². The van der Waals surface area contributed by atoms with E-state index in [2.05, 4.69) is 10.5 Å². The van der Waals surface area contributed by atoms with Gasteiger partial charge in [0.15, 0.2) is 6.61 Å². The molecule has 0 saturated carbocycles. The summed E-state index contributed by atoms with van der Waals surface area (Å²) in [4.78, 5) is 29.4. The van der Waals surface area contributed by atoms with Gasteiger partial charge in [0.2, 0.25) is 0 Å². The Morgan fingerprint density at radius 3 is 2.41 bits per heavy atom. The summed E-state index contributed by atoms with van der Waals surface area (Å²) in [6, 6.07) is 6.44. The summed E-state index contributed by atoms with van der Waals surface area (Å²) in [5.41, 5.74) is 1.30. The lowest BCUT2D eigenvalue weighted by molar-refractivity contribution is -0.142. The van der Waals surface area contributed by atoms with Gasteiger partial charge < -0.3 is 34.8 Å². The lowest BCUT2D eigenvalue weighted by Gasteiger charge is -2.32. The number of aliphatic hydroxyl groups is 2. The molecule has 0 aliphatic carbocycles. The Bertz CT molecular complexity index is 1020. The highest BCUT2D eigenvalue weighted by atomic mass is 16.6.